The van der Waals surface area contributed by atoms with E-state index in [2.05, 4.69) is 22.9 Å². The van der Waals surface area contributed by atoms with E-state index in [1.54, 1.807) is 0 Å². The Kier molecular flexibility index (Phi) is 22.2. The van der Waals surface area contributed by atoms with Gasteiger partial charge in [0.1, 0.15) is 4.83 Å². The summed E-state index contributed by atoms with van der Waals surface area (Å²) in [5.74, 6) is -0.729. The second-order valence-corrected chi connectivity index (χ2v) is 9.42. The topological polar surface area (TPSA) is 37.3 Å². The Hall–Kier alpha value is -0.0500. The summed E-state index contributed by atoms with van der Waals surface area (Å²) in [5.41, 5.74) is 0. The molecule has 27 heavy (non-hydrogen) atoms. The highest BCUT2D eigenvalue weighted by Crippen LogP contribution is 2.16. The molecule has 0 saturated heterocycles. The van der Waals surface area contributed by atoms with Gasteiger partial charge in [0.2, 0.25) is 0 Å². The number of carbonyl (C=O) groups is 1. The van der Waals surface area contributed by atoms with E-state index in [4.69, 9.17) is 5.11 Å². The van der Waals surface area contributed by atoms with Crippen molar-refractivity contribution in [2.45, 2.75) is 147 Å². The molecule has 1 N–H and O–H groups in total. The molecule has 162 valence electrons. The summed E-state index contributed by atoms with van der Waals surface area (Å²) in [6, 6.07) is 0. The maximum atomic E-state index is 10.7. The fourth-order valence-electron chi connectivity index (χ4n) is 3.70. The number of hydrogen-bond donors (Lipinski definition) is 1. The van der Waals surface area contributed by atoms with E-state index in [9.17, 15) is 4.79 Å². The molecule has 0 unspecified atom stereocenters. The zero-order valence-electron chi connectivity index (χ0n) is 18.2. The number of rotatable bonds is 22. The highest BCUT2D eigenvalue weighted by atomic mass is 79.9. The number of alkyl halides is 1. The third-order valence-electron chi connectivity index (χ3n) is 5.58. The SMILES string of the molecule is CCCCCCCCCCCCCCCCCCCCCC[C@H](Br)C(=O)O. The van der Waals surface area contributed by atoms with Gasteiger partial charge in [-0.25, -0.2) is 0 Å². The van der Waals surface area contributed by atoms with Crippen LogP contribution in [0.3, 0.4) is 0 Å². The summed E-state index contributed by atoms with van der Waals surface area (Å²) in [6.45, 7) is 2.29. The normalized spacial score (nSPS) is 12.4. The smallest absolute Gasteiger partial charge is 0.317 e. The highest BCUT2D eigenvalue weighted by molar-refractivity contribution is 9.10. The molecule has 3 heteroatoms. The molecular weight excluding hydrogens is 400 g/mol. The molecule has 0 aromatic rings. The van der Waals surface area contributed by atoms with Gasteiger partial charge in [0.15, 0.2) is 0 Å². The first-order valence-electron chi connectivity index (χ1n) is 12.0. The lowest BCUT2D eigenvalue weighted by atomic mass is 10.0. The summed E-state index contributed by atoms with van der Waals surface area (Å²) in [7, 11) is 0. The van der Waals surface area contributed by atoms with E-state index < -0.39 is 5.97 Å². The van der Waals surface area contributed by atoms with Gasteiger partial charge < -0.3 is 5.11 Å². The fourth-order valence-corrected chi connectivity index (χ4v) is 4.03. The Balaban J connectivity index is 3.04. The Morgan fingerprint density at radius 1 is 0.593 bits per heavy atom. The van der Waals surface area contributed by atoms with E-state index in [0.717, 1.165) is 12.8 Å². The Bertz CT molecular complexity index is 307. The molecule has 0 aliphatic rings. The Labute approximate surface area is 178 Å². The minimum Gasteiger partial charge on any atom is -0.480 e. The van der Waals surface area contributed by atoms with Gasteiger partial charge in [-0.15, -0.1) is 0 Å². The van der Waals surface area contributed by atoms with Crippen LogP contribution in [0.2, 0.25) is 0 Å². The van der Waals surface area contributed by atoms with Crippen molar-refractivity contribution in [1.29, 1.82) is 0 Å². The van der Waals surface area contributed by atoms with Crippen molar-refractivity contribution < 1.29 is 9.90 Å². The van der Waals surface area contributed by atoms with Crippen LogP contribution < -0.4 is 0 Å². The van der Waals surface area contributed by atoms with Gasteiger partial charge in [-0.2, -0.15) is 0 Å². The molecule has 0 aliphatic carbocycles. The summed E-state index contributed by atoms with van der Waals surface area (Å²) in [6.07, 6.45) is 28.4. The number of unbranched alkanes of at least 4 members (excludes halogenated alkanes) is 19. The van der Waals surface area contributed by atoms with E-state index in [0.29, 0.717) is 0 Å². The average molecular weight is 448 g/mol. The second kappa shape index (κ2) is 22.2. The molecule has 0 fully saturated rings. The molecule has 0 aromatic carbocycles. The molecule has 0 aromatic heterocycles. The van der Waals surface area contributed by atoms with Gasteiger partial charge >= 0.3 is 5.97 Å². The van der Waals surface area contributed by atoms with Crippen LogP contribution in [0.5, 0.6) is 0 Å². The van der Waals surface area contributed by atoms with Gasteiger partial charge in [0.25, 0.3) is 0 Å². The van der Waals surface area contributed by atoms with Crippen LogP contribution in [0.4, 0.5) is 0 Å². The fraction of sp³-hybridized carbons (Fsp3) is 0.958. The number of hydrogen-bond acceptors (Lipinski definition) is 1. The predicted octanol–water partition coefficient (Wildman–Crippen LogP) is 9.05. The second-order valence-electron chi connectivity index (χ2n) is 8.31. The van der Waals surface area contributed by atoms with Crippen molar-refractivity contribution in [3.8, 4) is 0 Å². The molecule has 0 heterocycles. The van der Waals surface area contributed by atoms with Gasteiger partial charge in [-0.3, -0.25) is 4.79 Å². The average Bonchev–Trinajstić information content (AvgIpc) is 2.66. The van der Waals surface area contributed by atoms with Gasteiger partial charge in [0.05, 0.1) is 0 Å². The van der Waals surface area contributed by atoms with E-state index >= 15 is 0 Å². The summed E-state index contributed by atoms with van der Waals surface area (Å²) >= 11 is 3.20. The molecule has 0 aliphatic heterocycles. The lowest BCUT2D eigenvalue weighted by Crippen LogP contribution is -2.11. The molecule has 0 spiro atoms. The van der Waals surface area contributed by atoms with Gasteiger partial charge in [0, 0.05) is 0 Å². The molecule has 0 saturated carbocycles. The largest absolute Gasteiger partial charge is 0.480 e. The predicted molar refractivity (Wildman–Crippen MR) is 123 cm³/mol. The molecule has 1 atom stereocenters. The molecule has 0 amide bonds. The molecular formula is C24H47BrO2. The number of carboxylic acids is 1. The first kappa shape index (κ1) is 27.0. The van der Waals surface area contributed by atoms with Crippen LogP contribution in [0.1, 0.15) is 142 Å². The molecule has 0 rings (SSSR count). The maximum absolute atomic E-state index is 10.7. The van der Waals surface area contributed by atoms with Crippen molar-refractivity contribution in [1.82, 2.24) is 0 Å². The standard InChI is InChI=1S/C24H47BrO2/c1-2-3-4-5-6-7-8-9-10-11-12-13-14-15-16-17-18-19-20-21-22-23(25)24(26)27/h23H,2-22H2,1H3,(H,26,27)/t23-/m0/s1. The minimum absolute atomic E-state index is 0.354. The van der Waals surface area contributed by atoms with Crippen LogP contribution >= 0.6 is 15.9 Å². The first-order valence-corrected chi connectivity index (χ1v) is 13.0. The van der Waals surface area contributed by atoms with E-state index in [1.165, 1.54) is 122 Å². The van der Waals surface area contributed by atoms with E-state index in [-0.39, 0.29) is 4.83 Å². The lowest BCUT2D eigenvalue weighted by molar-refractivity contribution is -0.136. The highest BCUT2D eigenvalue weighted by Gasteiger charge is 2.11. The lowest BCUT2D eigenvalue weighted by Gasteiger charge is -2.05. The van der Waals surface area contributed by atoms with Crippen LogP contribution in [-0.2, 0) is 4.79 Å². The number of carboxylic acid groups (broad SMARTS) is 1. The third-order valence-corrected chi connectivity index (χ3v) is 6.43. The van der Waals surface area contributed by atoms with Crippen LogP contribution in [0, 0.1) is 0 Å². The third kappa shape index (κ3) is 22.1. The van der Waals surface area contributed by atoms with Crippen molar-refractivity contribution in [3.63, 3.8) is 0 Å². The monoisotopic (exact) mass is 446 g/mol. The summed E-state index contributed by atoms with van der Waals surface area (Å²) < 4.78 is 0. The van der Waals surface area contributed by atoms with Crippen molar-refractivity contribution in [2.24, 2.45) is 0 Å². The van der Waals surface area contributed by atoms with Crippen molar-refractivity contribution >= 4 is 21.9 Å². The number of aliphatic carboxylic acids is 1. The zero-order chi connectivity index (χ0) is 20.0. The van der Waals surface area contributed by atoms with Crippen LogP contribution in [-0.4, -0.2) is 15.9 Å². The molecule has 2 nitrogen and oxygen atoms in total. The maximum Gasteiger partial charge on any atom is 0.317 e. The summed E-state index contributed by atoms with van der Waals surface area (Å²) in [5, 5.41) is 8.79. The van der Waals surface area contributed by atoms with Crippen molar-refractivity contribution in [3.05, 3.63) is 0 Å². The van der Waals surface area contributed by atoms with Crippen LogP contribution in [0.15, 0.2) is 0 Å². The number of halogens is 1. The summed E-state index contributed by atoms with van der Waals surface area (Å²) in [4.78, 5) is 10.3. The van der Waals surface area contributed by atoms with Gasteiger partial charge in [-0.05, 0) is 6.42 Å². The molecule has 0 radical (unpaired) electrons. The zero-order valence-corrected chi connectivity index (χ0v) is 19.7. The quantitative estimate of drug-likeness (QED) is 0.133. The van der Waals surface area contributed by atoms with Crippen LogP contribution in [0.25, 0.3) is 0 Å². The minimum atomic E-state index is -0.729. The Morgan fingerprint density at radius 2 is 0.852 bits per heavy atom. The van der Waals surface area contributed by atoms with Crippen molar-refractivity contribution in [2.75, 3.05) is 0 Å². The molecule has 0 bridgehead atoms. The Morgan fingerprint density at radius 3 is 1.11 bits per heavy atom. The van der Waals surface area contributed by atoms with E-state index in [1.807, 2.05) is 0 Å². The first-order chi connectivity index (χ1) is 13.2. The van der Waals surface area contributed by atoms with Gasteiger partial charge in [-0.1, -0.05) is 151 Å².